The van der Waals surface area contributed by atoms with Crippen LogP contribution in [-0.4, -0.2) is 23.3 Å². The van der Waals surface area contributed by atoms with E-state index < -0.39 is 12.9 Å². The van der Waals surface area contributed by atoms with Gasteiger partial charge in [-0.2, -0.15) is 0 Å². The molecule has 2 unspecified atom stereocenters. The van der Waals surface area contributed by atoms with Crippen LogP contribution in [0.5, 0.6) is 5.75 Å². The van der Waals surface area contributed by atoms with Crippen LogP contribution in [0.2, 0.25) is 0 Å². The van der Waals surface area contributed by atoms with E-state index in [2.05, 4.69) is 6.92 Å². The molecule has 0 saturated heterocycles. The molecule has 0 heterocycles. The van der Waals surface area contributed by atoms with Crippen LogP contribution in [0.15, 0.2) is 18.2 Å². The Kier molecular flexibility index (Phi) is 4.83. The Balaban J connectivity index is 2.07. The lowest BCUT2D eigenvalue weighted by Gasteiger charge is -2.29. The van der Waals surface area contributed by atoms with Crippen LogP contribution in [-0.2, 0) is 0 Å². The third-order valence-corrected chi connectivity index (χ3v) is 3.86. The zero-order valence-corrected chi connectivity index (χ0v) is 11.2. The van der Waals surface area contributed by atoms with Crippen LogP contribution in [0.4, 0.5) is 4.39 Å². The van der Waals surface area contributed by atoms with Gasteiger partial charge in [0.15, 0.2) is 11.6 Å². The first-order chi connectivity index (χ1) is 9.10. The molecule has 1 aromatic carbocycles. The molecule has 1 aromatic rings. The minimum atomic E-state index is -1.60. The fourth-order valence-corrected chi connectivity index (χ4v) is 2.67. The number of hydrogen-bond donors (Lipinski definition) is 2. The highest BCUT2D eigenvalue weighted by molar-refractivity contribution is 6.58. The number of hydrogen-bond acceptors (Lipinski definition) is 3. The van der Waals surface area contributed by atoms with E-state index in [9.17, 15) is 4.39 Å². The van der Waals surface area contributed by atoms with E-state index in [4.69, 9.17) is 14.8 Å². The van der Waals surface area contributed by atoms with Gasteiger partial charge in [0.25, 0.3) is 0 Å². The molecule has 19 heavy (non-hydrogen) atoms. The van der Waals surface area contributed by atoms with E-state index in [1.165, 1.54) is 24.6 Å². The van der Waals surface area contributed by atoms with Gasteiger partial charge >= 0.3 is 7.12 Å². The van der Waals surface area contributed by atoms with Gasteiger partial charge in [-0.1, -0.05) is 25.8 Å². The van der Waals surface area contributed by atoms with Gasteiger partial charge in [-0.15, -0.1) is 0 Å². The fraction of sp³-hybridized carbons (Fsp3) is 0.571. The second-order valence-electron chi connectivity index (χ2n) is 5.24. The summed E-state index contributed by atoms with van der Waals surface area (Å²) in [6.45, 7) is 2.16. The summed E-state index contributed by atoms with van der Waals surface area (Å²) in [5, 5.41) is 18.2. The molecule has 104 valence electrons. The zero-order valence-electron chi connectivity index (χ0n) is 11.2. The standard InChI is InChI=1S/C14H20BFO3/c1-2-10-4-3-5-12(8-10)19-14-9-11(15(17)18)6-7-13(14)16/h6-7,9-10,12,17-18H,2-5,8H2,1H3. The third-order valence-electron chi connectivity index (χ3n) is 3.86. The van der Waals surface area contributed by atoms with Gasteiger partial charge in [0.2, 0.25) is 0 Å². The van der Waals surface area contributed by atoms with E-state index in [0.717, 1.165) is 25.7 Å². The molecule has 1 aliphatic carbocycles. The Bertz CT molecular complexity index is 425. The first-order valence-electron chi connectivity index (χ1n) is 6.92. The summed E-state index contributed by atoms with van der Waals surface area (Å²) in [6.07, 6.45) is 5.35. The highest BCUT2D eigenvalue weighted by atomic mass is 19.1. The molecule has 0 bridgehead atoms. The van der Waals surface area contributed by atoms with Gasteiger partial charge in [-0.05, 0) is 42.8 Å². The Labute approximate surface area is 113 Å². The summed E-state index contributed by atoms with van der Waals surface area (Å²) >= 11 is 0. The Morgan fingerprint density at radius 3 is 2.84 bits per heavy atom. The molecule has 0 amide bonds. The minimum Gasteiger partial charge on any atom is -0.487 e. The maximum atomic E-state index is 13.7. The summed E-state index contributed by atoms with van der Waals surface area (Å²) < 4.78 is 19.4. The molecular weight excluding hydrogens is 246 g/mol. The van der Waals surface area contributed by atoms with Gasteiger partial charge in [-0.3, -0.25) is 0 Å². The van der Waals surface area contributed by atoms with Crippen LogP contribution in [0.3, 0.4) is 0 Å². The van der Waals surface area contributed by atoms with Gasteiger partial charge in [0.05, 0.1) is 6.10 Å². The van der Waals surface area contributed by atoms with Crippen molar-refractivity contribution in [1.82, 2.24) is 0 Å². The predicted molar refractivity (Wildman–Crippen MR) is 72.9 cm³/mol. The topological polar surface area (TPSA) is 49.7 Å². The van der Waals surface area contributed by atoms with Crippen molar-refractivity contribution in [2.24, 2.45) is 5.92 Å². The Morgan fingerprint density at radius 2 is 2.16 bits per heavy atom. The maximum Gasteiger partial charge on any atom is 0.488 e. The van der Waals surface area contributed by atoms with Crippen LogP contribution in [0, 0.1) is 11.7 Å². The van der Waals surface area contributed by atoms with Crippen LogP contribution in [0.25, 0.3) is 0 Å². The van der Waals surface area contributed by atoms with Crippen molar-refractivity contribution in [2.45, 2.75) is 45.1 Å². The van der Waals surface area contributed by atoms with E-state index >= 15 is 0 Å². The molecule has 0 aliphatic heterocycles. The summed E-state index contributed by atoms with van der Waals surface area (Å²) in [7, 11) is -1.60. The molecule has 2 N–H and O–H groups in total. The van der Waals surface area contributed by atoms with E-state index in [0.29, 0.717) is 5.92 Å². The Morgan fingerprint density at radius 1 is 1.37 bits per heavy atom. The van der Waals surface area contributed by atoms with Crippen LogP contribution < -0.4 is 10.2 Å². The zero-order chi connectivity index (χ0) is 13.8. The van der Waals surface area contributed by atoms with Crippen molar-refractivity contribution in [3.8, 4) is 5.75 Å². The molecule has 1 aliphatic rings. The van der Waals surface area contributed by atoms with Crippen molar-refractivity contribution in [3.63, 3.8) is 0 Å². The van der Waals surface area contributed by atoms with Gasteiger partial charge < -0.3 is 14.8 Å². The molecule has 2 atom stereocenters. The molecule has 0 aromatic heterocycles. The number of benzene rings is 1. The van der Waals surface area contributed by atoms with E-state index in [-0.39, 0.29) is 17.3 Å². The lowest BCUT2D eigenvalue weighted by atomic mass is 9.80. The second-order valence-corrected chi connectivity index (χ2v) is 5.24. The lowest BCUT2D eigenvalue weighted by molar-refractivity contribution is 0.117. The summed E-state index contributed by atoms with van der Waals surface area (Å²) in [4.78, 5) is 0. The van der Waals surface area contributed by atoms with Crippen molar-refractivity contribution in [2.75, 3.05) is 0 Å². The van der Waals surface area contributed by atoms with Gasteiger partial charge in [-0.25, -0.2) is 4.39 Å². The van der Waals surface area contributed by atoms with Crippen molar-refractivity contribution in [1.29, 1.82) is 0 Å². The molecule has 0 spiro atoms. The normalized spacial score (nSPS) is 23.2. The van der Waals surface area contributed by atoms with E-state index in [1.54, 1.807) is 0 Å². The first kappa shape index (κ1) is 14.3. The highest BCUT2D eigenvalue weighted by Crippen LogP contribution is 2.30. The molecule has 1 saturated carbocycles. The van der Waals surface area contributed by atoms with E-state index in [1.807, 2.05) is 0 Å². The predicted octanol–water partition coefficient (Wildman–Crippen LogP) is 1.85. The molecule has 1 fully saturated rings. The van der Waals surface area contributed by atoms with Crippen LogP contribution >= 0.6 is 0 Å². The number of ether oxygens (including phenoxy) is 1. The number of rotatable bonds is 4. The molecule has 3 nitrogen and oxygen atoms in total. The SMILES string of the molecule is CCC1CCCC(Oc2cc(B(O)O)ccc2F)C1. The van der Waals surface area contributed by atoms with Crippen molar-refractivity contribution >= 4 is 12.6 Å². The van der Waals surface area contributed by atoms with Crippen molar-refractivity contribution < 1.29 is 19.2 Å². The average Bonchev–Trinajstić information content (AvgIpc) is 2.41. The third kappa shape index (κ3) is 3.70. The quantitative estimate of drug-likeness (QED) is 0.818. The molecular formula is C14H20BFO3. The maximum absolute atomic E-state index is 13.7. The summed E-state index contributed by atoms with van der Waals surface area (Å²) in [5.74, 6) is 0.309. The lowest BCUT2D eigenvalue weighted by Crippen LogP contribution is -2.31. The molecule has 2 rings (SSSR count). The second kappa shape index (κ2) is 6.39. The van der Waals surface area contributed by atoms with Gasteiger partial charge in [0.1, 0.15) is 0 Å². The first-order valence-corrected chi connectivity index (χ1v) is 6.92. The molecule has 0 radical (unpaired) electrons. The monoisotopic (exact) mass is 266 g/mol. The summed E-state index contributed by atoms with van der Waals surface area (Å²) in [5.41, 5.74) is 0.249. The van der Waals surface area contributed by atoms with Crippen molar-refractivity contribution in [3.05, 3.63) is 24.0 Å². The minimum absolute atomic E-state index is 0.0271. The Hall–Kier alpha value is -1.07. The number of halogens is 1. The van der Waals surface area contributed by atoms with Crippen LogP contribution in [0.1, 0.15) is 39.0 Å². The fourth-order valence-electron chi connectivity index (χ4n) is 2.67. The summed E-state index contributed by atoms with van der Waals surface area (Å²) in [6, 6.07) is 3.93. The smallest absolute Gasteiger partial charge is 0.487 e. The average molecular weight is 266 g/mol. The van der Waals surface area contributed by atoms with Gasteiger partial charge in [0, 0.05) is 0 Å². The largest absolute Gasteiger partial charge is 0.488 e. The highest BCUT2D eigenvalue weighted by Gasteiger charge is 2.23. The molecule has 5 heteroatoms.